The Hall–Kier alpha value is -2.69. The van der Waals surface area contributed by atoms with Crippen molar-refractivity contribution in [2.45, 2.75) is 19.9 Å². The molecular weight excluding hydrogens is 306 g/mol. The van der Waals surface area contributed by atoms with E-state index in [9.17, 15) is 4.79 Å². The molecule has 0 saturated carbocycles. The number of amides is 1. The minimum Gasteiger partial charge on any atom is -0.494 e. The highest BCUT2D eigenvalue weighted by atomic mass is 16.5. The highest BCUT2D eigenvalue weighted by Crippen LogP contribution is 2.27. The third-order valence-corrected chi connectivity index (χ3v) is 3.49. The maximum absolute atomic E-state index is 12.2. The quantitative estimate of drug-likeness (QED) is 0.806. The summed E-state index contributed by atoms with van der Waals surface area (Å²) in [6.45, 7) is 3.13. The molecule has 0 aromatic heterocycles. The Morgan fingerprint density at radius 1 is 1.00 bits per heavy atom. The Kier molecular flexibility index (Phi) is 6.49. The van der Waals surface area contributed by atoms with E-state index in [1.807, 2.05) is 18.2 Å². The third kappa shape index (κ3) is 4.65. The number of carbonyl (C=O) groups excluding carboxylic acids is 1. The Balaban J connectivity index is 1.95. The molecule has 5 nitrogen and oxygen atoms in total. The molecule has 2 aromatic rings. The van der Waals surface area contributed by atoms with Crippen LogP contribution in [0.4, 0.5) is 0 Å². The van der Waals surface area contributed by atoms with Gasteiger partial charge in [0, 0.05) is 12.1 Å². The lowest BCUT2D eigenvalue weighted by molar-refractivity contribution is 0.0951. The fourth-order valence-electron chi connectivity index (χ4n) is 2.20. The van der Waals surface area contributed by atoms with E-state index < -0.39 is 0 Å². The molecule has 0 spiro atoms. The molecule has 0 unspecified atom stereocenters. The summed E-state index contributed by atoms with van der Waals surface area (Å²) >= 11 is 0. The molecule has 0 aliphatic carbocycles. The number of hydrogen-bond acceptors (Lipinski definition) is 4. The fourth-order valence-corrected chi connectivity index (χ4v) is 2.20. The summed E-state index contributed by atoms with van der Waals surface area (Å²) < 4.78 is 16.0. The maximum atomic E-state index is 12.2. The van der Waals surface area contributed by atoms with Crippen LogP contribution in [-0.2, 0) is 6.54 Å². The first-order valence-corrected chi connectivity index (χ1v) is 7.90. The number of rotatable bonds is 8. The van der Waals surface area contributed by atoms with Crippen molar-refractivity contribution in [3.63, 3.8) is 0 Å². The van der Waals surface area contributed by atoms with Crippen molar-refractivity contribution in [1.82, 2.24) is 5.32 Å². The lowest BCUT2D eigenvalue weighted by Gasteiger charge is -2.11. The van der Waals surface area contributed by atoms with Gasteiger partial charge in [-0.2, -0.15) is 0 Å². The van der Waals surface area contributed by atoms with Crippen molar-refractivity contribution >= 4 is 5.91 Å². The summed E-state index contributed by atoms with van der Waals surface area (Å²) in [5, 5.41) is 2.89. The van der Waals surface area contributed by atoms with Gasteiger partial charge in [-0.15, -0.1) is 0 Å². The predicted octanol–water partition coefficient (Wildman–Crippen LogP) is 3.42. The van der Waals surface area contributed by atoms with Crippen LogP contribution in [0.5, 0.6) is 17.2 Å². The lowest BCUT2D eigenvalue weighted by atomic mass is 10.1. The van der Waals surface area contributed by atoms with Gasteiger partial charge in [0.25, 0.3) is 5.91 Å². The van der Waals surface area contributed by atoms with Crippen LogP contribution in [0.15, 0.2) is 42.5 Å². The van der Waals surface area contributed by atoms with E-state index in [1.54, 1.807) is 38.5 Å². The highest BCUT2D eigenvalue weighted by molar-refractivity contribution is 5.94. The van der Waals surface area contributed by atoms with Gasteiger partial charge in [-0.3, -0.25) is 4.79 Å². The molecule has 0 heterocycles. The van der Waals surface area contributed by atoms with Gasteiger partial charge in [0.2, 0.25) is 0 Å². The summed E-state index contributed by atoms with van der Waals surface area (Å²) in [5.74, 6) is 1.94. The van der Waals surface area contributed by atoms with Crippen LogP contribution in [0.2, 0.25) is 0 Å². The van der Waals surface area contributed by atoms with Crippen LogP contribution in [0.3, 0.4) is 0 Å². The van der Waals surface area contributed by atoms with Crippen molar-refractivity contribution < 1.29 is 19.0 Å². The summed E-state index contributed by atoms with van der Waals surface area (Å²) in [6.07, 6.45) is 0.952. The zero-order valence-corrected chi connectivity index (χ0v) is 14.3. The molecule has 1 N–H and O–H groups in total. The second-order valence-electron chi connectivity index (χ2n) is 5.24. The van der Waals surface area contributed by atoms with Gasteiger partial charge < -0.3 is 19.5 Å². The summed E-state index contributed by atoms with van der Waals surface area (Å²) in [6, 6.07) is 12.7. The van der Waals surface area contributed by atoms with E-state index >= 15 is 0 Å². The van der Waals surface area contributed by atoms with Gasteiger partial charge in [-0.25, -0.2) is 0 Å². The van der Waals surface area contributed by atoms with Crippen molar-refractivity contribution in [3.8, 4) is 17.2 Å². The van der Waals surface area contributed by atoms with E-state index in [-0.39, 0.29) is 5.91 Å². The first kappa shape index (κ1) is 17.7. The maximum Gasteiger partial charge on any atom is 0.251 e. The molecule has 0 aliphatic heterocycles. The van der Waals surface area contributed by atoms with Crippen molar-refractivity contribution in [1.29, 1.82) is 0 Å². The van der Waals surface area contributed by atoms with Gasteiger partial charge >= 0.3 is 0 Å². The van der Waals surface area contributed by atoms with Crippen LogP contribution in [-0.4, -0.2) is 26.7 Å². The van der Waals surface area contributed by atoms with Gasteiger partial charge in [0.05, 0.1) is 20.8 Å². The van der Waals surface area contributed by atoms with E-state index in [2.05, 4.69) is 12.2 Å². The molecule has 0 radical (unpaired) electrons. The number of carbonyl (C=O) groups is 1. The molecule has 0 atom stereocenters. The van der Waals surface area contributed by atoms with Crippen molar-refractivity contribution in [3.05, 3.63) is 53.6 Å². The highest BCUT2D eigenvalue weighted by Gasteiger charge is 2.08. The van der Waals surface area contributed by atoms with Crippen LogP contribution in [0.1, 0.15) is 29.3 Å². The normalized spacial score (nSPS) is 10.1. The number of methoxy groups -OCH3 is 2. The van der Waals surface area contributed by atoms with Crippen LogP contribution >= 0.6 is 0 Å². The number of benzene rings is 2. The first-order chi connectivity index (χ1) is 11.7. The van der Waals surface area contributed by atoms with Crippen LogP contribution in [0.25, 0.3) is 0 Å². The molecule has 2 aromatic carbocycles. The largest absolute Gasteiger partial charge is 0.494 e. The SMILES string of the molecule is CCCOc1ccc(C(=O)NCc2ccc(OC)c(OC)c2)cc1. The van der Waals surface area contributed by atoms with Gasteiger partial charge in [-0.05, 0) is 48.4 Å². The molecule has 2 rings (SSSR count). The zero-order chi connectivity index (χ0) is 17.4. The Morgan fingerprint density at radius 2 is 1.71 bits per heavy atom. The molecule has 5 heteroatoms. The van der Waals surface area contributed by atoms with Crippen LogP contribution in [0, 0.1) is 0 Å². The first-order valence-electron chi connectivity index (χ1n) is 7.90. The van der Waals surface area contributed by atoms with Gasteiger partial charge in [0.1, 0.15) is 5.75 Å². The standard InChI is InChI=1S/C19H23NO4/c1-4-11-24-16-8-6-15(7-9-16)19(21)20-13-14-5-10-17(22-2)18(12-14)23-3/h5-10,12H,4,11,13H2,1-3H3,(H,20,21). The molecule has 24 heavy (non-hydrogen) atoms. The molecule has 1 amide bonds. The van der Waals surface area contributed by atoms with Gasteiger partial charge in [-0.1, -0.05) is 13.0 Å². The minimum atomic E-state index is -0.133. The second-order valence-corrected chi connectivity index (χ2v) is 5.24. The average molecular weight is 329 g/mol. The molecule has 128 valence electrons. The molecule has 0 aliphatic rings. The van der Waals surface area contributed by atoms with Gasteiger partial charge in [0.15, 0.2) is 11.5 Å². The van der Waals surface area contributed by atoms with E-state index in [0.29, 0.717) is 30.2 Å². The average Bonchev–Trinajstić information content (AvgIpc) is 2.64. The molecule has 0 saturated heterocycles. The number of ether oxygens (including phenoxy) is 3. The molecular formula is C19H23NO4. The zero-order valence-electron chi connectivity index (χ0n) is 14.3. The number of nitrogens with one attached hydrogen (secondary N) is 1. The van der Waals surface area contributed by atoms with E-state index in [1.165, 1.54) is 0 Å². The number of hydrogen-bond donors (Lipinski definition) is 1. The Labute approximate surface area is 142 Å². The smallest absolute Gasteiger partial charge is 0.251 e. The Bertz CT molecular complexity index is 668. The monoisotopic (exact) mass is 329 g/mol. The lowest BCUT2D eigenvalue weighted by Crippen LogP contribution is -2.22. The van der Waals surface area contributed by atoms with Crippen LogP contribution < -0.4 is 19.5 Å². The van der Waals surface area contributed by atoms with E-state index in [4.69, 9.17) is 14.2 Å². The fraction of sp³-hybridized carbons (Fsp3) is 0.316. The molecule has 0 bridgehead atoms. The molecule has 0 fully saturated rings. The minimum absolute atomic E-state index is 0.133. The second kappa shape index (κ2) is 8.82. The summed E-state index contributed by atoms with van der Waals surface area (Å²) in [5.41, 5.74) is 1.53. The predicted molar refractivity (Wildman–Crippen MR) is 92.9 cm³/mol. The topological polar surface area (TPSA) is 56.8 Å². The van der Waals surface area contributed by atoms with Crippen molar-refractivity contribution in [2.24, 2.45) is 0 Å². The van der Waals surface area contributed by atoms with E-state index in [0.717, 1.165) is 17.7 Å². The summed E-state index contributed by atoms with van der Waals surface area (Å²) in [7, 11) is 3.18. The third-order valence-electron chi connectivity index (χ3n) is 3.49. The Morgan fingerprint density at radius 3 is 2.33 bits per heavy atom. The summed E-state index contributed by atoms with van der Waals surface area (Å²) in [4.78, 5) is 12.2. The van der Waals surface area contributed by atoms with Crippen molar-refractivity contribution in [2.75, 3.05) is 20.8 Å².